The van der Waals surface area contributed by atoms with Crippen LogP contribution in [0.2, 0.25) is 0 Å². The summed E-state index contributed by atoms with van der Waals surface area (Å²) in [6.45, 7) is 6.15. The molecule has 0 saturated carbocycles. The van der Waals surface area contributed by atoms with Gasteiger partial charge in [-0.3, -0.25) is 9.59 Å². The summed E-state index contributed by atoms with van der Waals surface area (Å²) in [5, 5.41) is 2.84. The van der Waals surface area contributed by atoms with E-state index in [1.54, 1.807) is 23.6 Å². The number of carbonyl (C=O) groups is 2. The molecule has 1 unspecified atom stereocenters. The first-order valence-electron chi connectivity index (χ1n) is 6.92. The first-order valence-corrected chi connectivity index (χ1v) is 8.08. The molecule has 5 heteroatoms. The molecular formula is C16H20N2O2S. The van der Waals surface area contributed by atoms with E-state index in [-0.39, 0.29) is 18.4 Å². The lowest BCUT2D eigenvalue weighted by Crippen LogP contribution is -2.63. The van der Waals surface area contributed by atoms with E-state index < -0.39 is 5.54 Å². The van der Waals surface area contributed by atoms with Gasteiger partial charge in [0.2, 0.25) is 5.91 Å². The smallest absolute Gasteiger partial charge is 0.253 e. The first kappa shape index (κ1) is 15.6. The van der Waals surface area contributed by atoms with Crippen LogP contribution in [0, 0.1) is 0 Å². The SMILES string of the molecule is C=CCSCCN1CC(=O)NC(C)(c2ccccc2)C1=O. The molecule has 112 valence electrons. The van der Waals surface area contributed by atoms with Crippen LogP contribution in [0.1, 0.15) is 12.5 Å². The van der Waals surface area contributed by atoms with Crippen molar-refractivity contribution >= 4 is 23.6 Å². The number of thioether (sulfide) groups is 1. The molecule has 0 aromatic heterocycles. The molecule has 1 aromatic carbocycles. The lowest BCUT2D eigenvalue weighted by Gasteiger charge is -2.40. The average molecular weight is 304 g/mol. The van der Waals surface area contributed by atoms with Crippen LogP contribution in [0.4, 0.5) is 0 Å². The van der Waals surface area contributed by atoms with Crippen molar-refractivity contribution in [2.75, 3.05) is 24.6 Å². The number of nitrogens with zero attached hydrogens (tertiary/aromatic N) is 1. The fraction of sp³-hybridized carbons (Fsp3) is 0.375. The molecule has 0 spiro atoms. The first-order chi connectivity index (χ1) is 10.1. The number of rotatable bonds is 6. The zero-order chi connectivity index (χ0) is 15.3. The zero-order valence-electron chi connectivity index (χ0n) is 12.2. The predicted octanol–water partition coefficient (Wildman–Crippen LogP) is 1.78. The maximum absolute atomic E-state index is 12.7. The number of piperazine rings is 1. The van der Waals surface area contributed by atoms with E-state index in [2.05, 4.69) is 11.9 Å². The van der Waals surface area contributed by atoms with Gasteiger partial charge in [-0.2, -0.15) is 11.8 Å². The highest BCUT2D eigenvalue weighted by Gasteiger charge is 2.43. The summed E-state index contributed by atoms with van der Waals surface area (Å²) in [6, 6.07) is 9.38. The molecule has 0 radical (unpaired) electrons. The van der Waals surface area contributed by atoms with Crippen molar-refractivity contribution in [2.45, 2.75) is 12.5 Å². The summed E-state index contributed by atoms with van der Waals surface area (Å²) >= 11 is 1.70. The van der Waals surface area contributed by atoms with Crippen LogP contribution in [-0.4, -0.2) is 41.3 Å². The molecule has 0 aliphatic carbocycles. The van der Waals surface area contributed by atoms with Gasteiger partial charge in [0.15, 0.2) is 0 Å². The molecule has 2 amide bonds. The van der Waals surface area contributed by atoms with Crippen LogP contribution in [0.5, 0.6) is 0 Å². The van der Waals surface area contributed by atoms with Gasteiger partial charge in [0, 0.05) is 18.1 Å². The number of amides is 2. The van der Waals surface area contributed by atoms with Crippen LogP contribution in [-0.2, 0) is 15.1 Å². The predicted molar refractivity (Wildman–Crippen MR) is 86.0 cm³/mol. The standard InChI is InChI=1S/C16H20N2O2S/c1-3-10-21-11-9-18-12-14(19)17-16(2,15(18)20)13-7-5-4-6-8-13/h3-8H,1,9-12H2,2H3,(H,17,19). The zero-order valence-corrected chi connectivity index (χ0v) is 13.0. The van der Waals surface area contributed by atoms with Crippen LogP contribution in [0.15, 0.2) is 43.0 Å². The van der Waals surface area contributed by atoms with Gasteiger partial charge < -0.3 is 10.2 Å². The van der Waals surface area contributed by atoms with Gasteiger partial charge >= 0.3 is 0 Å². The van der Waals surface area contributed by atoms with Crippen molar-refractivity contribution in [1.29, 1.82) is 0 Å². The Hall–Kier alpha value is -1.75. The Morgan fingerprint density at radius 3 is 2.76 bits per heavy atom. The fourth-order valence-corrected chi connectivity index (χ4v) is 3.11. The molecule has 1 heterocycles. The van der Waals surface area contributed by atoms with E-state index in [4.69, 9.17) is 0 Å². The Morgan fingerprint density at radius 1 is 1.38 bits per heavy atom. The highest BCUT2D eigenvalue weighted by Crippen LogP contribution is 2.26. The van der Waals surface area contributed by atoms with Gasteiger partial charge in [0.25, 0.3) is 5.91 Å². The third-order valence-corrected chi connectivity index (χ3v) is 4.47. The van der Waals surface area contributed by atoms with E-state index in [1.807, 2.05) is 36.4 Å². The Labute approximate surface area is 129 Å². The second-order valence-electron chi connectivity index (χ2n) is 5.13. The highest BCUT2D eigenvalue weighted by atomic mass is 32.2. The Balaban J connectivity index is 2.13. The third-order valence-electron chi connectivity index (χ3n) is 3.53. The van der Waals surface area contributed by atoms with Gasteiger partial charge in [0.1, 0.15) is 5.54 Å². The molecule has 1 aliphatic heterocycles. The number of carbonyl (C=O) groups excluding carboxylic acids is 2. The molecule has 1 aliphatic rings. The topological polar surface area (TPSA) is 49.4 Å². The monoisotopic (exact) mass is 304 g/mol. The van der Waals surface area contributed by atoms with Crippen molar-refractivity contribution < 1.29 is 9.59 Å². The minimum atomic E-state index is -0.973. The normalized spacial score (nSPS) is 22.0. The fourth-order valence-electron chi connectivity index (χ4n) is 2.42. The van der Waals surface area contributed by atoms with E-state index in [0.717, 1.165) is 17.1 Å². The Morgan fingerprint density at radius 2 is 2.10 bits per heavy atom. The van der Waals surface area contributed by atoms with Crippen molar-refractivity contribution in [2.24, 2.45) is 0 Å². The van der Waals surface area contributed by atoms with Crippen LogP contribution in [0.3, 0.4) is 0 Å². The van der Waals surface area contributed by atoms with Gasteiger partial charge in [0.05, 0.1) is 6.54 Å². The third kappa shape index (κ3) is 3.47. The number of nitrogens with one attached hydrogen (secondary N) is 1. The van der Waals surface area contributed by atoms with Gasteiger partial charge in [-0.05, 0) is 12.5 Å². The Kier molecular flexibility index (Phi) is 5.07. The molecule has 1 fully saturated rings. The average Bonchev–Trinajstić information content (AvgIpc) is 2.49. The summed E-state index contributed by atoms with van der Waals surface area (Å²) in [7, 11) is 0. The van der Waals surface area contributed by atoms with Crippen molar-refractivity contribution in [1.82, 2.24) is 10.2 Å². The summed E-state index contributed by atoms with van der Waals surface area (Å²) in [5.41, 5.74) is -0.161. The largest absolute Gasteiger partial charge is 0.337 e. The number of benzene rings is 1. The molecule has 1 atom stereocenters. The summed E-state index contributed by atoms with van der Waals surface area (Å²) < 4.78 is 0. The molecular weight excluding hydrogens is 284 g/mol. The van der Waals surface area contributed by atoms with E-state index in [1.165, 1.54) is 0 Å². The van der Waals surface area contributed by atoms with Crippen LogP contribution < -0.4 is 5.32 Å². The molecule has 1 saturated heterocycles. The summed E-state index contributed by atoms with van der Waals surface area (Å²) in [6.07, 6.45) is 1.84. The highest BCUT2D eigenvalue weighted by molar-refractivity contribution is 7.99. The second kappa shape index (κ2) is 6.80. The summed E-state index contributed by atoms with van der Waals surface area (Å²) in [5.74, 6) is 1.49. The lowest BCUT2D eigenvalue weighted by molar-refractivity contribution is -0.149. The van der Waals surface area contributed by atoms with Gasteiger partial charge in [-0.15, -0.1) is 6.58 Å². The maximum atomic E-state index is 12.7. The molecule has 21 heavy (non-hydrogen) atoms. The molecule has 1 N–H and O–H groups in total. The minimum Gasteiger partial charge on any atom is -0.337 e. The minimum absolute atomic E-state index is 0.0486. The summed E-state index contributed by atoms with van der Waals surface area (Å²) in [4.78, 5) is 26.3. The number of hydrogen-bond donors (Lipinski definition) is 1. The van der Waals surface area contributed by atoms with Crippen LogP contribution >= 0.6 is 11.8 Å². The molecule has 0 bridgehead atoms. The van der Waals surface area contributed by atoms with Crippen LogP contribution in [0.25, 0.3) is 0 Å². The van der Waals surface area contributed by atoms with E-state index in [0.29, 0.717) is 6.54 Å². The molecule has 4 nitrogen and oxygen atoms in total. The lowest BCUT2D eigenvalue weighted by atomic mass is 9.88. The van der Waals surface area contributed by atoms with E-state index >= 15 is 0 Å². The molecule has 1 aromatic rings. The van der Waals surface area contributed by atoms with E-state index in [9.17, 15) is 9.59 Å². The van der Waals surface area contributed by atoms with Crippen molar-refractivity contribution in [3.05, 3.63) is 48.6 Å². The number of hydrogen-bond acceptors (Lipinski definition) is 3. The molecule has 2 rings (SSSR count). The van der Waals surface area contributed by atoms with Crippen molar-refractivity contribution in [3.63, 3.8) is 0 Å². The van der Waals surface area contributed by atoms with Gasteiger partial charge in [-0.1, -0.05) is 36.4 Å². The van der Waals surface area contributed by atoms with Crippen molar-refractivity contribution in [3.8, 4) is 0 Å². The Bertz CT molecular complexity index is 532. The second-order valence-corrected chi connectivity index (χ2v) is 6.28. The maximum Gasteiger partial charge on any atom is 0.253 e. The quantitative estimate of drug-likeness (QED) is 0.644. The van der Waals surface area contributed by atoms with Gasteiger partial charge in [-0.25, -0.2) is 0 Å².